The van der Waals surface area contributed by atoms with Gasteiger partial charge in [0.1, 0.15) is 0 Å². The SMILES string of the molecule is C#CCNCCc1cc(O)c(O)c(C#C)c1. The molecule has 0 aliphatic heterocycles. The predicted molar refractivity (Wildman–Crippen MR) is 63.1 cm³/mol. The average molecular weight is 215 g/mol. The van der Waals surface area contributed by atoms with Crippen molar-refractivity contribution in [2.45, 2.75) is 6.42 Å². The summed E-state index contributed by atoms with van der Waals surface area (Å²) < 4.78 is 0. The summed E-state index contributed by atoms with van der Waals surface area (Å²) in [7, 11) is 0. The first kappa shape index (κ1) is 12.0. The second-order valence-corrected chi connectivity index (χ2v) is 3.29. The Balaban J connectivity index is 2.72. The van der Waals surface area contributed by atoms with Crippen molar-refractivity contribution in [1.82, 2.24) is 5.32 Å². The van der Waals surface area contributed by atoms with E-state index in [-0.39, 0.29) is 11.5 Å². The first-order valence-electron chi connectivity index (χ1n) is 4.84. The van der Waals surface area contributed by atoms with Crippen molar-refractivity contribution in [2.24, 2.45) is 0 Å². The molecule has 0 saturated heterocycles. The highest BCUT2D eigenvalue weighted by Crippen LogP contribution is 2.29. The molecule has 0 aromatic heterocycles. The number of terminal acetylenes is 2. The third-order valence-corrected chi connectivity index (χ3v) is 2.12. The molecule has 0 aliphatic rings. The van der Waals surface area contributed by atoms with Crippen molar-refractivity contribution in [1.29, 1.82) is 0 Å². The molecule has 0 bridgehead atoms. The molecule has 0 fully saturated rings. The van der Waals surface area contributed by atoms with Crippen molar-refractivity contribution in [2.75, 3.05) is 13.1 Å². The molecule has 0 heterocycles. The minimum absolute atomic E-state index is 0.192. The molecule has 1 aromatic carbocycles. The van der Waals surface area contributed by atoms with Gasteiger partial charge in [-0.15, -0.1) is 12.8 Å². The Kier molecular flexibility index (Phi) is 4.27. The van der Waals surface area contributed by atoms with Crippen molar-refractivity contribution in [3.63, 3.8) is 0 Å². The highest BCUT2D eigenvalue weighted by atomic mass is 16.3. The number of aromatic hydroxyl groups is 2. The maximum atomic E-state index is 9.42. The highest BCUT2D eigenvalue weighted by molar-refractivity contribution is 5.54. The van der Waals surface area contributed by atoms with Crippen LogP contribution in [0.3, 0.4) is 0 Å². The quantitative estimate of drug-likeness (QED) is 0.396. The summed E-state index contributed by atoms with van der Waals surface area (Å²) in [6, 6.07) is 3.17. The molecule has 0 amide bonds. The van der Waals surface area contributed by atoms with Crippen LogP contribution in [0.5, 0.6) is 11.5 Å². The topological polar surface area (TPSA) is 52.5 Å². The van der Waals surface area contributed by atoms with E-state index in [0.717, 1.165) is 5.56 Å². The molecule has 1 aromatic rings. The summed E-state index contributed by atoms with van der Waals surface area (Å²) in [5.41, 5.74) is 1.15. The molecule has 3 heteroatoms. The largest absolute Gasteiger partial charge is 0.504 e. The number of benzene rings is 1. The summed E-state index contributed by atoms with van der Waals surface area (Å²) in [6.07, 6.45) is 11.0. The molecule has 16 heavy (non-hydrogen) atoms. The molecule has 3 N–H and O–H groups in total. The van der Waals surface area contributed by atoms with Gasteiger partial charge in [0.2, 0.25) is 0 Å². The van der Waals surface area contributed by atoms with Gasteiger partial charge in [-0.25, -0.2) is 0 Å². The van der Waals surface area contributed by atoms with Gasteiger partial charge in [-0.05, 0) is 24.1 Å². The molecular weight excluding hydrogens is 202 g/mol. The summed E-state index contributed by atoms with van der Waals surface area (Å²) in [5.74, 6) is 4.34. The highest BCUT2D eigenvalue weighted by Gasteiger charge is 2.06. The van der Waals surface area contributed by atoms with Crippen LogP contribution >= 0.6 is 0 Å². The molecule has 0 saturated carbocycles. The second kappa shape index (κ2) is 5.70. The lowest BCUT2D eigenvalue weighted by atomic mass is 10.1. The Morgan fingerprint density at radius 2 is 2.00 bits per heavy atom. The number of rotatable bonds is 4. The summed E-state index contributed by atoms with van der Waals surface area (Å²) >= 11 is 0. The number of phenols is 2. The van der Waals surface area contributed by atoms with Gasteiger partial charge >= 0.3 is 0 Å². The lowest BCUT2D eigenvalue weighted by molar-refractivity contribution is 0.402. The van der Waals surface area contributed by atoms with E-state index in [2.05, 4.69) is 17.2 Å². The van der Waals surface area contributed by atoms with Crippen molar-refractivity contribution >= 4 is 0 Å². The Hall–Kier alpha value is -2.10. The van der Waals surface area contributed by atoms with E-state index >= 15 is 0 Å². The van der Waals surface area contributed by atoms with E-state index in [1.54, 1.807) is 6.07 Å². The van der Waals surface area contributed by atoms with Crippen LogP contribution in [-0.2, 0) is 6.42 Å². The van der Waals surface area contributed by atoms with Gasteiger partial charge in [0, 0.05) is 6.54 Å². The van der Waals surface area contributed by atoms with Crippen LogP contribution in [0.2, 0.25) is 0 Å². The first-order valence-corrected chi connectivity index (χ1v) is 4.84. The molecule has 0 atom stereocenters. The smallest absolute Gasteiger partial charge is 0.173 e. The maximum absolute atomic E-state index is 9.42. The van der Waals surface area contributed by atoms with Gasteiger partial charge in [-0.1, -0.05) is 11.8 Å². The third kappa shape index (κ3) is 2.95. The van der Waals surface area contributed by atoms with E-state index in [4.69, 9.17) is 12.8 Å². The van der Waals surface area contributed by atoms with Crippen LogP contribution in [0, 0.1) is 24.7 Å². The van der Waals surface area contributed by atoms with Gasteiger partial charge in [-0.3, -0.25) is 0 Å². The zero-order valence-corrected chi connectivity index (χ0v) is 8.83. The fourth-order valence-electron chi connectivity index (χ4n) is 1.33. The monoisotopic (exact) mass is 215 g/mol. The average Bonchev–Trinajstić information content (AvgIpc) is 2.29. The predicted octanol–water partition coefficient (Wildman–Crippen LogP) is 0.844. The lowest BCUT2D eigenvalue weighted by Gasteiger charge is -2.06. The maximum Gasteiger partial charge on any atom is 0.173 e. The molecule has 0 unspecified atom stereocenters. The van der Waals surface area contributed by atoms with Gasteiger partial charge in [0.05, 0.1) is 12.1 Å². The van der Waals surface area contributed by atoms with Gasteiger partial charge in [-0.2, -0.15) is 0 Å². The van der Waals surface area contributed by atoms with Crippen molar-refractivity contribution < 1.29 is 10.2 Å². The number of hydrogen-bond acceptors (Lipinski definition) is 3. The zero-order valence-electron chi connectivity index (χ0n) is 8.83. The Morgan fingerprint density at radius 3 is 2.62 bits per heavy atom. The van der Waals surface area contributed by atoms with Crippen LogP contribution < -0.4 is 5.32 Å². The van der Waals surface area contributed by atoms with Gasteiger partial charge in [0.15, 0.2) is 11.5 Å². The molecule has 0 spiro atoms. The number of nitrogens with one attached hydrogen (secondary N) is 1. The van der Waals surface area contributed by atoms with E-state index in [1.165, 1.54) is 6.07 Å². The normalized spacial score (nSPS) is 9.38. The first-order chi connectivity index (χ1) is 7.69. The summed E-state index contributed by atoms with van der Waals surface area (Å²) in [4.78, 5) is 0. The van der Waals surface area contributed by atoms with Crippen LogP contribution in [0.15, 0.2) is 12.1 Å². The minimum Gasteiger partial charge on any atom is -0.504 e. The van der Waals surface area contributed by atoms with E-state index in [9.17, 15) is 10.2 Å². The molecule has 1 rings (SSSR count). The zero-order chi connectivity index (χ0) is 12.0. The lowest BCUT2D eigenvalue weighted by Crippen LogP contribution is -2.17. The Morgan fingerprint density at radius 1 is 1.25 bits per heavy atom. The van der Waals surface area contributed by atoms with Crippen LogP contribution in [0.25, 0.3) is 0 Å². The fourth-order valence-corrected chi connectivity index (χ4v) is 1.33. The Bertz CT molecular complexity index is 452. The molecule has 0 aliphatic carbocycles. The fraction of sp³-hybridized carbons (Fsp3) is 0.231. The van der Waals surface area contributed by atoms with E-state index in [0.29, 0.717) is 25.1 Å². The number of phenolic OH excluding ortho intramolecular Hbond substituents is 2. The second-order valence-electron chi connectivity index (χ2n) is 3.29. The third-order valence-electron chi connectivity index (χ3n) is 2.12. The molecule has 0 radical (unpaired) electrons. The summed E-state index contributed by atoms with van der Waals surface area (Å²) in [5, 5.41) is 21.8. The molecular formula is C13H13NO2. The van der Waals surface area contributed by atoms with E-state index in [1.807, 2.05) is 0 Å². The van der Waals surface area contributed by atoms with Crippen LogP contribution in [-0.4, -0.2) is 23.3 Å². The minimum atomic E-state index is -0.247. The van der Waals surface area contributed by atoms with Gasteiger partial charge < -0.3 is 15.5 Å². The van der Waals surface area contributed by atoms with Crippen molar-refractivity contribution in [3.05, 3.63) is 23.3 Å². The number of hydrogen-bond donors (Lipinski definition) is 3. The van der Waals surface area contributed by atoms with E-state index < -0.39 is 0 Å². The molecule has 82 valence electrons. The van der Waals surface area contributed by atoms with Crippen LogP contribution in [0.1, 0.15) is 11.1 Å². The van der Waals surface area contributed by atoms with Crippen LogP contribution in [0.4, 0.5) is 0 Å². The standard InChI is InChI=1S/C13H13NO2/c1-3-6-14-7-5-10-8-11(4-2)13(16)12(15)9-10/h1-2,8-9,14-16H,5-7H2. The van der Waals surface area contributed by atoms with Crippen molar-refractivity contribution in [3.8, 4) is 36.2 Å². The van der Waals surface area contributed by atoms with Gasteiger partial charge in [0.25, 0.3) is 0 Å². The summed E-state index contributed by atoms with van der Waals surface area (Å²) in [6.45, 7) is 1.20. The Labute approximate surface area is 95.1 Å². The molecule has 3 nitrogen and oxygen atoms in total.